The van der Waals surface area contributed by atoms with Gasteiger partial charge < -0.3 is 9.88 Å². The summed E-state index contributed by atoms with van der Waals surface area (Å²) in [6, 6.07) is 0. The van der Waals surface area contributed by atoms with Crippen molar-refractivity contribution in [1.82, 2.24) is 14.5 Å². The second-order valence-electron chi connectivity index (χ2n) is 4.44. The lowest BCUT2D eigenvalue weighted by molar-refractivity contribution is 0.543. The van der Waals surface area contributed by atoms with Crippen molar-refractivity contribution in [3.05, 3.63) is 32.6 Å². The summed E-state index contributed by atoms with van der Waals surface area (Å²) in [5.74, 6) is 0.538. The average Bonchev–Trinajstić information content (AvgIpc) is 2.22. The van der Waals surface area contributed by atoms with Crippen LogP contribution in [0.5, 0.6) is 0 Å². The Hall–Kier alpha value is -1.36. The van der Waals surface area contributed by atoms with Crippen LogP contribution >= 0.6 is 0 Å². The molecule has 5 nitrogen and oxygen atoms in total. The van der Waals surface area contributed by atoms with E-state index in [0.717, 1.165) is 11.1 Å². The van der Waals surface area contributed by atoms with E-state index >= 15 is 0 Å². The molecule has 1 heterocycles. The van der Waals surface area contributed by atoms with E-state index < -0.39 is 0 Å². The summed E-state index contributed by atoms with van der Waals surface area (Å²) in [7, 11) is 3.14. The van der Waals surface area contributed by atoms with E-state index in [1.54, 1.807) is 13.2 Å². The van der Waals surface area contributed by atoms with Gasteiger partial charge in [0.25, 0.3) is 5.56 Å². The third-order valence-corrected chi connectivity index (χ3v) is 2.39. The van der Waals surface area contributed by atoms with E-state index in [1.807, 2.05) is 0 Å². The van der Waals surface area contributed by atoms with Crippen LogP contribution in [0.2, 0.25) is 0 Å². The first-order chi connectivity index (χ1) is 7.43. The Morgan fingerprint density at radius 1 is 1.31 bits per heavy atom. The second-order valence-corrected chi connectivity index (χ2v) is 4.44. The molecule has 0 aliphatic heterocycles. The molecular weight excluding hydrogens is 206 g/mol. The predicted molar refractivity (Wildman–Crippen MR) is 63.5 cm³/mol. The molecule has 1 rings (SSSR count). The van der Waals surface area contributed by atoms with Gasteiger partial charge in [-0.2, -0.15) is 0 Å². The van der Waals surface area contributed by atoms with Crippen molar-refractivity contribution in [2.75, 3.05) is 6.54 Å². The van der Waals surface area contributed by atoms with Crippen molar-refractivity contribution < 1.29 is 0 Å². The Balaban J connectivity index is 2.90. The summed E-state index contributed by atoms with van der Waals surface area (Å²) in [4.78, 5) is 23.2. The van der Waals surface area contributed by atoms with Gasteiger partial charge in [-0.3, -0.25) is 9.36 Å². The fourth-order valence-electron chi connectivity index (χ4n) is 1.50. The number of aryl methyl sites for hydroxylation is 1. The number of nitrogens with zero attached hydrogens (tertiary/aromatic N) is 2. The van der Waals surface area contributed by atoms with E-state index in [1.165, 1.54) is 11.6 Å². The molecule has 0 aromatic carbocycles. The molecule has 16 heavy (non-hydrogen) atoms. The molecule has 5 heteroatoms. The first kappa shape index (κ1) is 12.7. The van der Waals surface area contributed by atoms with Gasteiger partial charge in [0.15, 0.2) is 0 Å². The van der Waals surface area contributed by atoms with Crippen molar-refractivity contribution in [1.29, 1.82) is 0 Å². The molecule has 0 spiro atoms. The predicted octanol–water partition coefficient (Wildman–Crippen LogP) is -0.170. The van der Waals surface area contributed by atoms with E-state index in [-0.39, 0.29) is 11.2 Å². The first-order valence-electron chi connectivity index (χ1n) is 5.39. The summed E-state index contributed by atoms with van der Waals surface area (Å²) < 4.78 is 2.56. The third kappa shape index (κ3) is 2.82. The van der Waals surface area contributed by atoms with Gasteiger partial charge in [-0.15, -0.1) is 0 Å². The van der Waals surface area contributed by atoms with Crippen molar-refractivity contribution in [2.45, 2.75) is 20.4 Å². The van der Waals surface area contributed by atoms with Crippen LogP contribution in [0.25, 0.3) is 0 Å². The Morgan fingerprint density at radius 2 is 1.94 bits per heavy atom. The van der Waals surface area contributed by atoms with Crippen LogP contribution < -0.4 is 16.6 Å². The highest BCUT2D eigenvalue weighted by Crippen LogP contribution is 1.91. The van der Waals surface area contributed by atoms with Crippen LogP contribution in [0.1, 0.15) is 19.4 Å². The van der Waals surface area contributed by atoms with Gasteiger partial charge in [0, 0.05) is 32.4 Å². The Morgan fingerprint density at radius 3 is 2.50 bits per heavy atom. The number of nitrogens with one attached hydrogen (secondary N) is 1. The highest BCUT2D eigenvalue weighted by Gasteiger charge is 2.06. The largest absolute Gasteiger partial charge is 0.330 e. The zero-order valence-corrected chi connectivity index (χ0v) is 10.3. The average molecular weight is 225 g/mol. The maximum atomic E-state index is 11.7. The summed E-state index contributed by atoms with van der Waals surface area (Å²) in [5.41, 5.74) is 0.0993. The molecule has 0 aliphatic rings. The highest BCUT2D eigenvalue weighted by atomic mass is 16.2. The van der Waals surface area contributed by atoms with Crippen molar-refractivity contribution >= 4 is 0 Å². The minimum Gasteiger partial charge on any atom is -0.312 e. The lowest BCUT2D eigenvalue weighted by Crippen LogP contribution is -2.39. The van der Waals surface area contributed by atoms with Crippen LogP contribution in [-0.2, 0) is 20.6 Å². The normalized spacial score (nSPS) is 11.1. The van der Waals surface area contributed by atoms with Gasteiger partial charge in [-0.05, 0) is 12.5 Å². The molecule has 0 aliphatic carbocycles. The first-order valence-corrected chi connectivity index (χ1v) is 5.39. The Bertz CT molecular complexity index is 471. The number of aromatic nitrogens is 2. The molecule has 0 fully saturated rings. The topological polar surface area (TPSA) is 56.0 Å². The van der Waals surface area contributed by atoms with E-state index in [4.69, 9.17) is 0 Å². The summed E-state index contributed by atoms with van der Waals surface area (Å²) >= 11 is 0. The zero-order chi connectivity index (χ0) is 12.3. The number of hydrogen-bond donors (Lipinski definition) is 1. The van der Waals surface area contributed by atoms with Crippen LogP contribution in [-0.4, -0.2) is 15.7 Å². The standard InChI is InChI=1S/C11H19N3O2/c1-8(2)5-12-6-9-7-13(3)11(16)14(4)10(9)15/h7-8,12H,5-6H2,1-4H3. The minimum atomic E-state index is -0.294. The van der Waals surface area contributed by atoms with Crippen LogP contribution in [0.15, 0.2) is 15.8 Å². The molecule has 0 amide bonds. The lowest BCUT2D eigenvalue weighted by Gasteiger charge is -2.09. The Kier molecular flexibility index (Phi) is 4.06. The molecule has 1 aromatic heterocycles. The molecule has 1 N–H and O–H groups in total. The van der Waals surface area contributed by atoms with Crippen molar-refractivity contribution in [3.8, 4) is 0 Å². The summed E-state index contributed by atoms with van der Waals surface area (Å²) in [6.45, 7) is 5.56. The van der Waals surface area contributed by atoms with Gasteiger partial charge in [0.1, 0.15) is 0 Å². The van der Waals surface area contributed by atoms with Crippen LogP contribution in [0.3, 0.4) is 0 Å². The Labute approximate surface area is 94.7 Å². The van der Waals surface area contributed by atoms with E-state index in [9.17, 15) is 9.59 Å². The fourth-order valence-corrected chi connectivity index (χ4v) is 1.50. The van der Waals surface area contributed by atoms with Gasteiger partial charge in [0.2, 0.25) is 0 Å². The molecular formula is C11H19N3O2. The summed E-state index contributed by atoms with van der Waals surface area (Å²) in [6.07, 6.45) is 1.60. The third-order valence-electron chi connectivity index (χ3n) is 2.39. The molecule has 90 valence electrons. The molecule has 0 saturated heterocycles. The fraction of sp³-hybridized carbons (Fsp3) is 0.636. The minimum absolute atomic E-state index is 0.223. The monoisotopic (exact) mass is 225 g/mol. The van der Waals surface area contributed by atoms with Gasteiger partial charge >= 0.3 is 5.69 Å². The van der Waals surface area contributed by atoms with Crippen LogP contribution in [0.4, 0.5) is 0 Å². The second kappa shape index (κ2) is 5.12. The number of rotatable bonds is 4. The molecule has 0 unspecified atom stereocenters. The SMILES string of the molecule is CC(C)CNCc1cn(C)c(=O)n(C)c1=O. The van der Waals surface area contributed by atoms with Gasteiger partial charge in [-0.25, -0.2) is 4.79 Å². The highest BCUT2D eigenvalue weighted by molar-refractivity contribution is 5.05. The maximum absolute atomic E-state index is 11.7. The lowest BCUT2D eigenvalue weighted by atomic mass is 10.2. The van der Waals surface area contributed by atoms with Crippen molar-refractivity contribution in [2.24, 2.45) is 20.0 Å². The van der Waals surface area contributed by atoms with Gasteiger partial charge in [-0.1, -0.05) is 13.8 Å². The quantitative estimate of drug-likeness (QED) is 0.774. The number of hydrogen-bond acceptors (Lipinski definition) is 3. The van der Waals surface area contributed by atoms with E-state index in [2.05, 4.69) is 19.2 Å². The molecule has 0 bridgehead atoms. The van der Waals surface area contributed by atoms with Gasteiger partial charge in [0.05, 0.1) is 0 Å². The smallest absolute Gasteiger partial charge is 0.312 e. The summed E-state index contributed by atoms with van der Waals surface area (Å²) in [5, 5.41) is 3.19. The van der Waals surface area contributed by atoms with E-state index in [0.29, 0.717) is 18.0 Å². The molecule has 0 saturated carbocycles. The van der Waals surface area contributed by atoms with Crippen LogP contribution in [0, 0.1) is 5.92 Å². The molecule has 0 radical (unpaired) electrons. The molecule has 1 aromatic rings. The maximum Gasteiger partial charge on any atom is 0.330 e. The van der Waals surface area contributed by atoms with Crippen molar-refractivity contribution in [3.63, 3.8) is 0 Å². The molecule has 0 atom stereocenters. The zero-order valence-electron chi connectivity index (χ0n) is 10.3.